The van der Waals surface area contributed by atoms with Crippen LogP contribution in [-0.2, 0) is 32.1 Å². The van der Waals surface area contributed by atoms with Crippen LogP contribution in [0.2, 0.25) is 0 Å². The molecule has 0 bridgehead atoms. The quantitative estimate of drug-likeness (QED) is 0.126. The van der Waals surface area contributed by atoms with E-state index in [1.807, 2.05) is 18.2 Å². The van der Waals surface area contributed by atoms with Gasteiger partial charge in [0.2, 0.25) is 11.8 Å². The van der Waals surface area contributed by atoms with Crippen molar-refractivity contribution in [2.75, 3.05) is 33.2 Å². The normalized spacial score (nSPS) is 21.9. The molecule has 0 aromatic heterocycles. The number of nitrogens with one attached hydrogen (secondary N) is 2. The minimum Gasteiger partial charge on any atom is -1.00 e. The SMILES string of the molecule is BrCC1CCC(CBr)CC1.O=C1CCc2ccc(O)cc2N1.O=C1CCc2ccc(OCC3CCC(CBr)CC3)cc2N1.O=CO[O-].[H-].[K+].[K+]. The number of alkyl halides is 3. The Balaban J connectivity index is 0.000000711. The number of fused-ring (bicyclic) bond motifs is 2. The number of hydrogen-bond acceptors (Lipinski definition) is 7. The number of amides is 2. The number of aromatic hydroxyl groups is 1. The molecular formula is C35H47Br3K2N2O7. The molecule has 2 saturated carbocycles. The van der Waals surface area contributed by atoms with Crippen molar-refractivity contribution in [2.24, 2.45) is 23.7 Å². The van der Waals surface area contributed by atoms with Crippen molar-refractivity contribution in [1.82, 2.24) is 0 Å². The van der Waals surface area contributed by atoms with Gasteiger partial charge in [0.25, 0.3) is 6.47 Å². The Hall–Kier alpha value is 1.12. The van der Waals surface area contributed by atoms with E-state index >= 15 is 0 Å². The zero-order chi connectivity index (χ0) is 34.0. The first kappa shape index (κ1) is 48.1. The maximum Gasteiger partial charge on any atom is 1.00 e. The number of carbonyl (C=O) groups excluding carboxylic acids is 3. The van der Waals surface area contributed by atoms with Crippen molar-refractivity contribution in [2.45, 2.75) is 77.0 Å². The summed E-state index contributed by atoms with van der Waals surface area (Å²) in [5, 5.41) is 26.7. The topological polar surface area (TPSA) is 137 Å². The molecule has 0 unspecified atom stereocenters. The number of anilines is 2. The summed E-state index contributed by atoms with van der Waals surface area (Å²) in [6, 6.07) is 11.1. The fourth-order valence-electron chi connectivity index (χ4n) is 6.11. The van der Waals surface area contributed by atoms with Crippen molar-refractivity contribution in [3.63, 3.8) is 0 Å². The van der Waals surface area contributed by atoms with E-state index in [9.17, 15) is 9.59 Å². The molecule has 262 valence electrons. The number of halogens is 3. The third-order valence-corrected chi connectivity index (χ3v) is 11.8. The molecule has 3 N–H and O–H groups in total. The molecule has 2 fully saturated rings. The van der Waals surface area contributed by atoms with Gasteiger partial charge in [0, 0.05) is 52.3 Å². The fourth-order valence-corrected chi connectivity index (χ4v) is 8.05. The molecule has 2 aromatic rings. The van der Waals surface area contributed by atoms with E-state index in [-0.39, 0.29) is 128 Å². The maximum absolute atomic E-state index is 11.4. The van der Waals surface area contributed by atoms with Crippen molar-refractivity contribution in [1.29, 1.82) is 0 Å². The summed E-state index contributed by atoms with van der Waals surface area (Å²) in [5.74, 6) is 4.65. The molecular weight excluding hydrogens is 878 g/mol. The van der Waals surface area contributed by atoms with Crippen LogP contribution in [0.25, 0.3) is 0 Å². The van der Waals surface area contributed by atoms with Crippen LogP contribution < -0.4 is 123 Å². The molecule has 14 heteroatoms. The van der Waals surface area contributed by atoms with E-state index in [4.69, 9.17) is 19.9 Å². The fraction of sp³-hybridized carbons (Fsp3) is 0.571. The number of aryl methyl sites for hydroxylation is 2. The standard InChI is InChI=1S/C17H22BrNO2.C9H9NO2.C8H14Br2.CH2O3.2K.H/c18-10-12-1-3-13(4-2-12)11-21-15-7-5-14-6-8-17(20)19-16(14)9-15;11-7-3-1-6-2-4-9(12)10-8(6)5-7;9-5-7-1-2-8(6-10)4-3-7;2-1-4-3;;;/h5,7,9,12-13H,1-4,6,8,10-11H2,(H,19,20);1,3,5,11H,2,4H2,(H,10,12);7-8H,1-6H2;1,3H;;;/q;;;;2*+1;-1/p-1. The molecule has 0 atom stereocenters. The van der Waals surface area contributed by atoms with E-state index in [1.54, 1.807) is 12.1 Å². The van der Waals surface area contributed by atoms with Gasteiger partial charge in [-0.2, -0.15) is 0 Å². The Morgan fingerprint density at radius 1 is 0.714 bits per heavy atom. The smallest absolute Gasteiger partial charge is 1.00 e. The summed E-state index contributed by atoms with van der Waals surface area (Å²) in [6.45, 7) is 0.613. The molecule has 2 amide bonds. The van der Waals surface area contributed by atoms with Crippen LogP contribution in [0.5, 0.6) is 11.5 Å². The molecule has 0 radical (unpaired) electrons. The summed E-state index contributed by atoms with van der Waals surface area (Å²) in [4.78, 5) is 33.6. The first-order valence-corrected chi connectivity index (χ1v) is 19.7. The van der Waals surface area contributed by atoms with Gasteiger partial charge >= 0.3 is 103 Å². The third kappa shape index (κ3) is 18.3. The molecule has 0 spiro atoms. The average Bonchev–Trinajstić information content (AvgIpc) is 3.11. The van der Waals surface area contributed by atoms with E-state index in [0.29, 0.717) is 18.8 Å². The first-order chi connectivity index (χ1) is 22.8. The molecule has 2 aliphatic heterocycles. The van der Waals surface area contributed by atoms with E-state index < -0.39 is 0 Å². The summed E-state index contributed by atoms with van der Waals surface area (Å²) in [5.41, 5.74) is 3.96. The first-order valence-electron chi connectivity index (χ1n) is 16.4. The Bertz CT molecular complexity index is 1270. The van der Waals surface area contributed by atoms with Crippen molar-refractivity contribution in [3.05, 3.63) is 47.5 Å². The Morgan fingerprint density at radius 2 is 1.12 bits per heavy atom. The minimum absolute atomic E-state index is 0. The Morgan fingerprint density at radius 3 is 1.55 bits per heavy atom. The number of carbonyl (C=O) groups is 3. The molecule has 2 heterocycles. The summed E-state index contributed by atoms with van der Waals surface area (Å²) < 4.78 is 5.95. The van der Waals surface area contributed by atoms with Crippen LogP contribution in [-0.4, -0.2) is 46.0 Å². The van der Waals surface area contributed by atoms with Crippen LogP contribution in [0, 0.1) is 23.7 Å². The monoisotopic (exact) mass is 922 g/mol. The molecule has 0 saturated heterocycles. The zero-order valence-electron chi connectivity index (χ0n) is 29.7. The molecule has 2 aromatic carbocycles. The summed E-state index contributed by atoms with van der Waals surface area (Å²) in [6.07, 6.45) is 13.6. The molecule has 4 aliphatic rings. The van der Waals surface area contributed by atoms with Gasteiger partial charge in [-0.15, -0.1) is 0 Å². The number of rotatable bonds is 7. The minimum atomic E-state index is -0.181. The predicted octanol–water partition coefficient (Wildman–Crippen LogP) is 1.57. The number of hydrogen-bond donors (Lipinski definition) is 3. The van der Waals surface area contributed by atoms with Crippen LogP contribution in [0.15, 0.2) is 36.4 Å². The van der Waals surface area contributed by atoms with E-state index in [1.165, 1.54) is 67.6 Å². The van der Waals surface area contributed by atoms with Crippen LogP contribution in [0.4, 0.5) is 11.4 Å². The number of benzene rings is 2. The van der Waals surface area contributed by atoms with Gasteiger partial charge < -0.3 is 32.0 Å². The average molecular weight is 926 g/mol. The molecule has 2 aliphatic carbocycles. The van der Waals surface area contributed by atoms with Crippen LogP contribution in [0.1, 0.15) is 76.8 Å². The number of phenols is 1. The van der Waals surface area contributed by atoms with Gasteiger partial charge in [0.05, 0.1) is 6.61 Å². The van der Waals surface area contributed by atoms with Gasteiger partial charge in [0.15, 0.2) is 0 Å². The van der Waals surface area contributed by atoms with Gasteiger partial charge in [-0.25, -0.2) is 0 Å². The zero-order valence-corrected chi connectivity index (χ0v) is 39.7. The second-order valence-electron chi connectivity index (χ2n) is 12.5. The Kier molecular flexibility index (Phi) is 27.2. The van der Waals surface area contributed by atoms with Crippen molar-refractivity contribution >= 4 is 77.5 Å². The van der Waals surface area contributed by atoms with Gasteiger partial charge in [-0.05, 0) is 111 Å². The predicted molar refractivity (Wildman–Crippen MR) is 194 cm³/mol. The second-order valence-corrected chi connectivity index (χ2v) is 14.4. The Labute approximate surface area is 402 Å². The van der Waals surface area contributed by atoms with Gasteiger partial charge in [-0.3, -0.25) is 14.4 Å². The van der Waals surface area contributed by atoms with E-state index in [0.717, 1.165) is 65.2 Å². The number of phenolic OH excluding ortho intramolecular Hbond substituents is 1. The van der Waals surface area contributed by atoms with Gasteiger partial charge in [0.1, 0.15) is 11.5 Å². The summed E-state index contributed by atoms with van der Waals surface area (Å²) in [7, 11) is 0. The third-order valence-electron chi connectivity index (χ3n) is 9.08. The molecule has 49 heavy (non-hydrogen) atoms. The molecule has 9 nitrogen and oxygen atoms in total. The van der Waals surface area contributed by atoms with E-state index in [2.05, 4.69) is 69.4 Å². The maximum atomic E-state index is 11.4. The second kappa shape index (κ2) is 27.7. The van der Waals surface area contributed by atoms with Gasteiger partial charge in [-0.1, -0.05) is 59.9 Å². The summed E-state index contributed by atoms with van der Waals surface area (Å²) >= 11 is 10.7. The van der Waals surface area contributed by atoms with Crippen molar-refractivity contribution < 1.29 is 139 Å². The molecule has 6 rings (SSSR count). The largest absolute Gasteiger partial charge is 1.00 e. The number of ether oxygens (including phenoxy) is 1. The van der Waals surface area contributed by atoms with Crippen LogP contribution in [0.3, 0.4) is 0 Å². The van der Waals surface area contributed by atoms with Crippen LogP contribution >= 0.6 is 47.8 Å². The van der Waals surface area contributed by atoms with Crippen molar-refractivity contribution in [3.8, 4) is 11.5 Å².